The molecule has 23 heavy (non-hydrogen) atoms. The highest BCUT2D eigenvalue weighted by Gasteiger charge is 2.25. The normalized spacial score (nSPS) is 12.0. The maximum atomic E-state index is 9.34. The summed E-state index contributed by atoms with van der Waals surface area (Å²) in [6, 6.07) is 8.20. The van der Waals surface area contributed by atoms with E-state index in [9.17, 15) is 5.26 Å². The SMILES string of the molecule is CCOC(=N)C(CCCCl)c1cc(C(C)(C)C#N)ccc1Br.Cl. The van der Waals surface area contributed by atoms with Gasteiger partial charge >= 0.3 is 0 Å². The average molecular weight is 422 g/mol. The fraction of sp³-hybridized carbons (Fsp3) is 0.529. The summed E-state index contributed by atoms with van der Waals surface area (Å²) in [5.74, 6) is 0.652. The van der Waals surface area contributed by atoms with Gasteiger partial charge in [-0.3, -0.25) is 5.41 Å². The number of rotatable bonds is 7. The Labute approximate surface area is 158 Å². The van der Waals surface area contributed by atoms with Crippen molar-refractivity contribution in [3.05, 3.63) is 33.8 Å². The molecule has 1 aromatic carbocycles. The predicted molar refractivity (Wildman–Crippen MR) is 102 cm³/mol. The smallest absolute Gasteiger partial charge is 0.188 e. The summed E-state index contributed by atoms with van der Waals surface area (Å²) in [6.07, 6.45) is 1.55. The number of nitriles is 1. The number of nitrogens with one attached hydrogen (secondary N) is 1. The van der Waals surface area contributed by atoms with Gasteiger partial charge in [-0.2, -0.15) is 5.26 Å². The number of hydrogen-bond acceptors (Lipinski definition) is 3. The van der Waals surface area contributed by atoms with Crippen LogP contribution in [0.5, 0.6) is 0 Å². The van der Waals surface area contributed by atoms with E-state index in [-0.39, 0.29) is 24.2 Å². The number of nitrogens with zero attached hydrogens (tertiary/aromatic N) is 1. The quantitative estimate of drug-likeness (QED) is 0.344. The third-order valence-electron chi connectivity index (χ3n) is 3.62. The summed E-state index contributed by atoms with van der Waals surface area (Å²) < 4.78 is 6.34. The van der Waals surface area contributed by atoms with Crippen LogP contribution in [-0.4, -0.2) is 18.4 Å². The maximum absolute atomic E-state index is 9.34. The summed E-state index contributed by atoms with van der Waals surface area (Å²) in [5.41, 5.74) is 1.35. The monoisotopic (exact) mass is 420 g/mol. The van der Waals surface area contributed by atoms with Gasteiger partial charge in [0.05, 0.1) is 24.0 Å². The Kier molecular flexibility index (Phi) is 9.84. The van der Waals surface area contributed by atoms with E-state index in [1.807, 2.05) is 39.0 Å². The number of hydrogen-bond donors (Lipinski definition) is 1. The Balaban J connectivity index is 0.00000484. The van der Waals surface area contributed by atoms with Gasteiger partial charge < -0.3 is 4.74 Å². The van der Waals surface area contributed by atoms with Crippen molar-refractivity contribution in [1.29, 1.82) is 10.7 Å². The van der Waals surface area contributed by atoms with Crippen LogP contribution in [0.2, 0.25) is 0 Å². The van der Waals surface area contributed by atoms with Crippen molar-refractivity contribution in [2.75, 3.05) is 12.5 Å². The van der Waals surface area contributed by atoms with Gasteiger partial charge in [-0.15, -0.1) is 24.0 Å². The zero-order chi connectivity index (χ0) is 16.8. The predicted octanol–water partition coefficient (Wildman–Crippen LogP) is 5.79. The van der Waals surface area contributed by atoms with E-state index in [0.717, 1.165) is 28.4 Å². The molecule has 0 aliphatic heterocycles. The van der Waals surface area contributed by atoms with Gasteiger partial charge in [-0.05, 0) is 50.8 Å². The van der Waals surface area contributed by atoms with Crippen LogP contribution >= 0.6 is 39.9 Å². The lowest BCUT2D eigenvalue weighted by Gasteiger charge is -2.23. The molecule has 1 N–H and O–H groups in total. The molecule has 0 heterocycles. The molecule has 6 heteroatoms. The van der Waals surface area contributed by atoms with Crippen molar-refractivity contribution in [2.24, 2.45) is 0 Å². The lowest BCUT2D eigenvalue weighted by atomic mass is 9.83. The molecule has 0 fully saturated rings. The highest BCUT2D eigenvalue weighted by Crippen LogP contribution is 2.34. The molecule has 0 saturated carbocycles. The lowest BCUT2D eigenvalue weighted by molar-refractivity contribution is 0.305. The highest BCUT2D eigenvalue weighted by atomic mass is 79.9. The maximum Gasteiger partial charge on any atom is 0.188 e. The van der Waals surface area contributed by atoms with Crippen molar-refractivity contribution < 1.29 is 4.74 Å². The minimum absolute atomic E-state index is 0. The fourth-order valence-electron chi connectivity index (χ4n) is 2.23. The number of benzene rings is 1. The molecule has 0 bridgehead atoms. The number of alkyl halides is 1. The molecule has 1 rings (SSSR count). The number of halogens is 3. The first-order chi connectivity index (χ1) is 10.4. The topological polar surface area (TPSA) is 56.9 Å². The first-order valence-electron chi connectivity index (χ1n) is 7.35. The van der Waals surface area contributed by atoms with Crippen molar-refractivity contribution in [1.82, 2.24) is 0 Å². The van der Waals surface area contributed by atoms with Crippen LogP contribution in [0.25, 0.3) is 0 Å². The molecule has 1 aromatic rings. The lowest BCUT2D eigenvalue weighted by Crippen LogP contribution is -2.19. The van der Waals surface area contributed by atoms with Crippen molar-refractivity contribution in [3.63, 3.8) is 0 Å². The van der Waals surface area contributed by atoms with Crippen LogP contribution in [0.4, 0.5) is 0 Å². The van der Waals surface area contributed by atoms with Gasteiger partial charge in [0.2, 0.25) is 0 Å². The van der Waals surface area contributed by atoms with E-state index in [2.05, 4.69) is 22.0 Å². The average Bonchev–Trinajstić information content (AvgIpc) is 2.49. The number of ether oxygens (including phenoxy) is 1. The summed E-state index contributed by atoms with van der Waals surface area (Å²) in [7, 11) is 0. The van der Waals surface area contributed by atoms with Crippen LogP contribution in [0.3, 0.4) is 0 Å². The Morgan fingerprint density at radius 1 is 1.48 bits per heavy atom. The largest absolute Gasteiger partial charge is 0.481 e. The summed E-state index contributed by atoms with van der Waals surface area (Å²) >= 11 is 9.38. The van der Waals surface area contributed by atoms with E-state index in [4.69, 9.17) is 21.7 Å². The molecule has 3 nitrogen and oxygen atoms in total. The highest BCUT2D eigenvalue weighted by molar-refractivity contribution is 9.10. The Hall–Kier alpha value is -0.760. The molecule has 0 saturated heterocycles. The standard InChI is InChI=1S/C17H22BrClN2O.ClH/c1-4-22-16(21)13(6-5-9-19)14-10-12(7-8-15(14)18)17(2,3)11-20;/h7-8,10,13,21H,4-6,9H2,1-3H3;1H. The minimum atomic E-state index is -0.569. The molecule has 0 spiro atoms. The van der Waals surface area contributed by atoms with Gasteiger partial charge in [0, 0.05) is 10.4 Å². The molecular weight excluding hydrogens is 399 g/mol. The molecule has 128 valence electrons. The molecule has 0 radical (unpaired) electrons. The van der Waals surface area contributed by atoms with Gasteiger partial charge in [0.15, 0.2) is 5.90 Å². The second-order valence-corrected chi connectivity index (χ2v) is 6.89. The molecular formula is C17H23BrCl2N2O. The van der Waals surface area contributed by atoms with Gasteiger partial charge in [0.25, 0.3) is 0 Å². The van der Waals surface area contributed by atoms with Gasteiger partial charge in [-0.1, -0.05) is 28.1 Å². The first kappa shape index (κ1) is 22.2. The van der Waals surface area contributed by atoms with Crippen LogP contribution in [0.15, 0.2) is 22.7 Å². The summed E-state index contributed by atoms with van der Waals surface area (Å²) in [6.45, 7) is 6.12. The van der Waals surface area contributed by atoms with E-state index in [1.165, 1.54) is 0 Å². The van der Waals surface area contributed by atoms with Crippen LogP contribution < -0.4 is 0 Å². The van der Waals surface area contributed by atoms with Crippen LogP contribution in [0.1, 0.15) is 50.7 Å². The van der Waals surface area contributed by atoms with Gasteiger partial charge in [-0.25, -0.2) is 0 Å². The van der Waals surface area contributed by atoms with Crippen molar-refractivity contribution in [2.45, 2.75) is 44.9 Å². The summed E-state index contributed by atoms with van der Waals surface area (Å²) in [4.78, 5) is 0. The van der Waals surface area contributed by atoms with Crippen molar-refractivity contribution >= 4 is 45.8 Å². The second-order valence-electron chi connectivity index (χ2n) is 5.65. The molecule has 0 aromatic heterocycles. The minimum Gasteiger partial charge on any atom is -0.481 e. The van der Waals surface area contributed by atoms with Crippen molar-refractivity contribution in [3.8, 4) is 6.07 Å². The fourth-order valence-corrected chi connectivity index (χ4v) is 2.91. The zero-order valence-electron chi connectivity index (χ0n) is 13.7. The van der Waals surface area contributed by atoms with Crippen LogP contribution in [0, 0.1) is 16.7 Å². The van der Waals surface area contributed by atoms with E-state index in [0.29, 0.717) is 12.5 Å². The van der Waals surface area contributed by atoms with E-state index < -0.39 is 5.41 Å². The van der Waals surface area contributed by atoms with Gasteiger partial charge in [0.1, 0.15) is 0 Å². The van der Waals surface area contributed by atoms with E-state index >= 15 is 0 Å². The molecule has 0 aliphatic rings. The third kappa shape index (κ3) is 5.99. The summed E-state index contributed by atoms with van der Waals surface area (Å²) in [5, 5.41) is 17.5. The molecule has 1 atom stereocenters. The Morgan fingerprint density at radius 3 is 2.65 bits per heavy atom. The van der Waals surface area contributed by atoms with Crippen LogP contribution in [-0.2, 0) is 10.2 Å². The Bertz CT molecular complexity index is 570. The molecule has 1 unspecified atom stereocenters. The molecule has 0 aliphatic carbocycles. The third-order valence-corrected chi connectivity index (χ3v) is 4.60. The second kappa shape index (κ2) is 10.2. The van der Waals surface area contributed by atoms with E-state index in [1.54, 1.807) is 0 Å². The zero-order valence-corrected chi connectivity index (χ0v) is 16.8. The Morgan fingerprint density at radius 2 is 2.13 bits per heavy atom. The molecule has 0 amide bonds. The first-order valence-corrected chi connectivity index (χ1v) is 8.68.